The third-order valence-electron chi connectivity index (χ3n) is 6.98. The lowest BCUT2D eigenvalue weighted by Crippen LogP contribution is -2.47. The van der Waals surface area contributed by atoms with Gasteiger partial charge in [-0.05, 0) is 61.4 Å². The van der Waals surface area contributed by atoms with Crippen molar-refractivity contribution in [2.75, 3.05) is 41.3 Å². The summed E-state index contributed by atoms with van der Waals surface area (Å²) in [6.45, 7) is 7.37. The van der Waals surface area contributed by atoms with Crippen molar-refractivity contribution in [1.29, 1.82) is 0 Å². The Labute approximate surface area is 223 Å². The van der Waals surface area contributed by atoms with Crippen LogP contribution in [0, 0.1) is 6.92 Å². The van der Waals surface area contributed by atoms with Crippen LogP contribution in [-0.2, 0) is 0 Å². The summed E-state index contributed by atoms with van der Waals surface area (Å²) >= 11 is 0. The molecule has 7 nitrogen and oxygen atoms in total. The fourth-order valence-corrected chi connectivity index (χ4v) is 4.86. The van der Waals surface area contributed by atoms with E-state index >= 15 is 0 Å². The Hall–Kier alpha value is -4.52. The normalized spacial score (nSPS) is 14.2. The van der Waals surface area contributed by atoms with Crippen LogP contribution < -0.4 is 20.4 Å². The molecule has 1 aromatic heterocycles. The minimum absolute atomic E-state index is 0.154. The van der Waals surface area contributed by atoms with E-state index in [0.29, 0.717) is 11.3 Å². The maximum atomic E-state index is 13.2. The number of hydrogen-bond acceptors (Lipinski definition) is 5. The number of amides is 2. The van der Waals surface area contributed by atoms with Crippen LogP contribution in [0.2, 0.25) is 0 Å². The van der Waals surface area contributed by atoms with Gasteiger partial charge in [0.1, 0.15) is 0 Å². The Morgan fingerprint density at radius 3 is 2.16 bits per heavy atom. The van der Waals surface area contributed by atoms with Crippen molar-refractivity contribution in [2.24, 2.45) is 0 Å². The number of rotatable bonds is 7. The number of hydrogen-bond donors (Lipinski definition) is 2. The van der Waals surface area contributed by atoms with Crippen LogP contribution in [0.4, 0.5) is 17.1 Å². The molecule has 1 saturated heterocycles. The van der Waals surface area contributed by atoms with Crippen molar-refractivity contribution in [3.05, 3.63) is 114 Å². The summed E-state index contributed by atoms with van der Waals surface area (Å²) in [5, 5.41) is 6.03. The Morgan fingerprint density at radius 2 is 1.47 bits per heavy atom. The zero-order valence-electron chi connectivity index (χ0n) is 21.7. The van der Waals surface area contributed by atoms with Crippen molar-refractivity contribution in [1.82, 2.24) is 5.32 Å². The van der Waals surface area contributed by atoms with E-state index < -0.39 is 0 Å². The van der Waals surface area contributed by atoms with Crippen LogP contribution in [0.3, 0.4) is 0 Å². The van der Waals surface area contributed by atoms with E-state index in [9.17, 15) is 9.59 Å². The highest BCUT2D eigenvalue weighted by Crippen LogP contribution is 2.31. The van der Waals surface area contributed by atoms with Gasteiger partial charge in [0, 0.05) is 37.4 Å². The smallest absolute Gasteiger partial charge is 0.291 e. The Kier molecular flexibility index (Phi) is 7.45. The molecule has 4 aromatic rings. The molecule has 3 aromatic carbocycles. The fourth-order valence-electron chi connectivity index (χ4n) is 4.86. The van der Waals surface area contributed by atoms with Gasteiger partial charge in [0.2, 0.25) is 0 Å². The molecule has 0 bridgehead atoms. The largest absolute Gasteiger partial charge is 0.459 e. The molecule has 5 rings (SSSR count). The van der Waals surface area contributed by atoms with Gasteiger partial charge in [0.05, 0.1) is 23.7 Å². The number of furan rings is 1. The number of nitrogens with zero attached hydrogens (tertiary/aromatic N) is 2. The molecule has 0 unspecified atom stereocenters. The molecule has 2 amide bonds. The maximum Gasteiger partial charge on any atom is 0.291 e. The zero-order chi connectivity index (χ0) is 26.5. The minimum Gasteiger partial charge on any atom is -0.459 e. The first kappa shape index (κ1) is 25.1. The van der Waals surface area contributed by atoms with Gasteiger partial charge < -0.3 is 24.9 Å². The zero-order valence-corrected chi connectivity index (χ0v) is 21.7. The third-order valence-corrected chi connectivity index (χ3v) is 6.98. The molecule has 0 saturated carbocycles. The second-order valence-corrected chi connectivity index (χ2v) is 9.53. The minimum atomic E-state index is -0.356. The van der Waals surface area contributed by atoms with E-state index in [4.69, 9.17) is 4.42 Å². The highest BCUT2D eigenvalue weighted by Gasteiger charge is 2.23. The Balaban J connectivity index is 1.36. The molecular formula is C31H32N4O3. The Morgan fingerprint density at radius 1 is 0.789 bits per heavy atom. The lowest BCUT2D eigenvalue weighted by Gasteiger charge is -2.38. The molecule has 1 fully saturated rings. The molecule has 2 N–H and O–H groups in total. The monoisotopic (exact) mass is 508 g/mol. The number of piperazine rings is 1. The fraction of sp³-hybridized carbons (Fsp3) is 0.226. The van der Waals surface area contributed by atoms with Crippen molar-refractivity contribution in [2.45, 2.75) is 19.9 Å². The summed E-state index contributed by atoms with van der Waals surface area (Å²) in [5.41, 5.74) is 5.46. The first-order valence-corrected chi connectivity index (χ1v) is 12.9. The molecule has 194 valence electrons. The van der Waals surface area contributed by atoms with Crippen molar-refractivity contribution in [3.63, 3.8) is 0 Å². The second-order valence-electron chi connectivity index (χ2n) is 9.53. The molecule has 7 heteroatoms. The number of anilines is 3. The van der Waals surface area contributed by atoms with Crippen molar-refractivity contribution in [3.8, 4) is 0 Å². The number of nitrogens with one attached hydrogen (secondary N) is 2. The van der Waals surface area contributed by atoms with Crippen LogP contribution in [0.25, 0.3) is 0 Å². The van der Waals surface area contributed by atoms with E-state index in [1.54, 1.807) is 18.2 Å². The van der Waals surface area contributed by atoms with Gasteiger partial charge in [-0.25, -0.2) is 0 Å². The summed E-state index contributed by atoms with van der Waals surface area (Å²) in [4.78, 5) is 30.7. The predicted molar refractivity (Wildman–Crippen MR) is 151 cm³/mol. The number of benzene rings is 3. The van der Waals surface area contributed by atoms with E-state index in [-0.39, 0.29) is 23.6 Å². The van der Waals surface area contributed by atoms with Gasteiger partial charge in [-0.3, -0.25) is 9.59 Å². The van der Waals surface area contributed by atoms with E-state index in [1.807, 2.05) is 49.4 Å². The average molecular weight is 509 g/mol. The van der Waals surface area contributed by atoms with E-state index in [0.717, 1.165) is 37.4 Å². The quantitative estimate of drug-likeness (QED) is 0.337. The van der Waals surface area contributed by atoms with Gasteiger partial charge in [0.25, 0.3) is 11.8 Å². The summed E-state index contributed by atoms with van der Waals surface area (Å²) in [6, 6.07) is 26.9. The lowest BCUT2D eigenvalue weighted by molar-refractivity contribution is 0.0938. The van der Waals surface area contributed by atoms with Crippen molar-refractivity contribution < 1.29 is 14.0 Å². The highest BCUT2D eigenvalue weighted by atomic mass is 16.3. The molecule has 1 aliphatic heterocycles. The first-order valence-electron chi connectivity index (χ1n) is 12.9. The molecule has 0 aliphatic carbocycles. The van der Waals surface area contributed by atoms with E-state index in [1.165, 1.54) is 17.5 Å². The first-order chi connectivity index (χ1) is 18.5. The van der Waals surface area contributed by atoms with Gasteiger partial charge in [-0.2, -0.15) is 0 Å². The summed E-state index contributed by atoms with van der Waals surface area (Å²) < 4.78 is 5.29. The van der Waals surface area contributed by atoms with Crippen LogP contribution >= 0.6 is 0 Å². The summed E-state index contributed by atoms with van der Waals surface area (Å²) in [6.07, 6.45) is 1.47. The van der Waals surface area contributed by atoms with Crippen LogP contribution in [0.1, 0.15) is 45.0 Å². The van der Waals surface area contributed by atoms with Crippen molar-refractivity contribution >= 4 is 28.9 Å². The van der Waals surface area contributed by atoms with Crippen LogP contribution in [-0.4, -0.2) is 38.0 Å². The van der Waals surface area contributed by atoms with E-state index in [2.05, 4.69) is 51.6 Å². The third kappa shape index (κ3) is 5.57. The number of carbonyl (C=O) groups is 2. The number of aryl methyl sites for hydroxylation is 1. The molecular weight excluding hydrogens is 476 g/mol. The number of para-hydroxylation sites is 1. The topological polar surface area (TPSA) is 77.8 Å². The standard InChI is InChI=1S/C31H32N4O3/c1-22-9-6-7-12-27(22)34-16-18-35(19-17-34)28-15-14-25(21-26(28)33-31(37)29-13-8-20-38-29)30(36)32-23(2)24-10-4-3-5-11-24/h3-15,20-21,23H,16-19H2,1-2H3,(H,32,36)(H,33,37)/t23-/m1/s1. The summed E-state index contributed by atoms with van der Waals surface area (Å²) in [7, 11) is 0. The lowest BCUT2D eigenvalue weighted by atomic mass is 10.1. The van der Waals surface area contributed by atoms with Gasteiger partial charge in [-0.1, -0.05) is 48.5 Å². The average Bonchev–Trinajstić information content (AvgIpc) is 3.49. The molecule has 1 atom stereocenters. The summed E-state index contributed by atoms with van der Waals surface area (Å²) in [5.74, 6) is -0.344. The van der Waals surface area contributed by atoms with Gasteiger partial charge >= 0.3 is 0 Å². The van der Waals surface area contributed by atoms with Crippen LogP contribution in [0.5, 0.6) is 0 Å². The van der Waals surface area contributed by atoms with Gasteiger partial charge in [-0.15, -0.1) is 0 Å². The maximum absolute atomic E-state index is 13.2. The highest BCUT2D eigenvalue weighted by molar-refractivity contribution is 6.05. The second kappa shape index (κ2) is 11.3. The molecule has 38 heavy (non-hydrogen) atoms. The molecule has 0 radical (unpaired) electrons. The Bertz CT molecular complexity index is 1390. The molecule has 2 heterocycles. The molecule has 0 spiro atoms. The SMILES string of the molecule is Cc1ccccc1N1CCN(c2ccc(C(=O)N[C@H](C)c3ccccc3)cc2NC(=O)c2ccco2)CC1. The van der Waals surface area contributed by atoms with Gasteiger partial charge in [0.15, 0.2) is 5.76 Å². The molecule has 1 aliphatic rings. The predicted octanol–water partition coefficient (Wildman–Crippen LogP) is 5.66. The van der Waals surface area contributed by atoms with Crippen LogP contribution in [0.15, 0.2) is 95.6 Å². The number of carbonyl (C=O) groups excluding carboxylic acids is 2.